The van der Waals surface area contributed by atoms with Crippen molar-refractivity contribution in [2.24, 2.45) is 0 Å². The van der Waals surface area contributed by atoms with Crippen LogP contribution in [0.2, 0.25) is 0 Å². The molecule has 0 fully saturated rings. The highest BCUT2D eigenvalue weighted by atomic mass is 16.6. The number of rotatable bonds is 3. The van der Waals surface area contributed by atoms with Crippen LogP contribution in [-0.2, 0) is 4.74 Å². The molecule has 5 nitrogen and oxygen atoms in total. The summed E-state index contributed by atoms with van der Waals surface area (Å²) in [7, 11) is 1.25. The zero-order valence-electron chi connectivity index (χ0n) is 11.1. The summed E-state index contributed by atoms with van der Waals surface area (Å²) in [5.41, 5.74) is 2.53. The standard InChI is InChI=1S/C15H13NO4/c1-10-4-3-5-11(8-10)13-7-6-12(16(18)19)9-14(13)15(17)20-2/h3-9H,1-2H3. The summed E-state index contributed by atoms with van der Waals surface area (Å²) in [5.74, 6) is -0.592. The monoisotopic (exact) mass is 271 g/mol. The van der Waals surface area contributed by atoms with Crippen LogP contribution in [0.5, 0.6) is 0 Å². The minimum Gasteiger partial charge on any atom is -0.465 e. The second-order valence-electron chi connectivity index (χ2n) is 4.35. The summed E-state index contributed by atoms with van der Waals surface area (Å²) in [5, 5.41) is 10.8. The number of benzene rings is 2. The van der Waals surface area contributed by atoms with Gasteiger partial charge in [0.2, 0.25) is 0 Å². The molecule has 0 radical (unpaired) electrons. The van der Waals surface area contributed by atoms with Crippen molar-refractivity contribution in [2.45, 2.75) is 6.92 Å². The Labute approximate surface area is 116 Å². The predicted octanol–water partition coefficient (Wildman–Crippen LogP) is 3.36. The van der Waals surface area contributed by atoms with Crippen LogP contribution in [-0.4, -0.2) is 18.0 Å². The molecule has 0 bridgehead atoms. The van der Waals surface area contributed by atoms with E-state index in [0.717, 1.165) is 11.1 Å². The van der Waals surface area contributed by atoms with Gasteiger partial charge in [-0.05, 0) is 24.1 Å². The Bertz CT molecular complexity index is 679. The van der Waals surface area contributed by atoms with E-state index in [1.54, 1.807) is 6.07 Å². The lowest BCUT2D eigenvalue weighted by Gasteiger charge is -2.08. The first-order valence-electron chi connectivity index (χ1n) is 5.96. The first-order valence-corrected chi connectivity index (χ1v) is 5.96. The van der Waals surface area contributed by atoms with Crippen LogP contribution in [0.3, 0.4) is 0 Å². The van der Waals surface area contributed by atoms with E-state index in [1.807, 2.05) is 31.2 Å². The second-order valence-corrected chi connectivity index (χ2v) is 4.35. The Morgan fingerprint density at radius 1 is 1.20 bits per heavy atom. The quantitative estimate of drug-likeness (QED) is 0.487. The summed E-state index contributed by atoms with van der Waals surface area (Å²) in [6.45, 7) is 1.94. The van der Waals surface area contributed by atoms with E-state index >= 15 is 0 Å². The summed E-state index contributed by atoms with van der Waals surface area (Å²) in [6, 6.07) is 11.8. The van der Waals surface area contributed by atoms with Gasteiger partial charge in [0.1, 0.15) is 0 Å². The maximum atomic E-state index is 11.8. The molecular weight excluding hydrogens is 258 g/mol. The summed E-state index contributed by atoms with van der Waals surface area (Å²) < 4.78 is 4.70. The van der Waals surface area contributed by atoms with Gasteiger partial charge >= 0.3 is 5.97 Å². The lowest BCUT2D eigenvalue weighted by atomic mass is 9.98. The highest BCUT2D eigenvalue weighted by molar-refractivity contribution is 5.98. The van der Waals surface area contributed by atoms with Crippen LogP contribution in [0.15, 0.2) is 42.5 Å². The van der Waals surface area contributed by atoms with E-state index in [0.29, 0.717) is 5.56 Å². The molecule has 0 aliphatic heterocycles. The number of ether oxygens (including phenoxy) is 1. The Hall–Kier alpha value is -2.69. The Morgan fingerprint density at radius 3 is 2.55 bits per heavy atom. The molecule has 0 amide bonds. The minimum atomic E-state index is -0.592. The van der Waals surface area contributed by atoms with Gasteiger partial charge in [0.15, 0.2) is 0 Å². The average Bonchev–Trinajstić information content (AvgIpc) is 2.45. The highest BCUT2D eigenvalue weighted by Gasteiger charge is 2.18. The molecule has 0 aromatic heterocycles. The minimum absolute atomic E-state index is 0.137. The molecule has 0 saturated heterocycles. The van der Waals surface area contributed by atoms with E-state index in [2.05, 4.69) is 0 Å². The molecule has 0 unspecified atom stereocenters. The zero-order valence-corrected chi connectivity index (χ0v) is 11.1. The molecule has 2 rings (SSSR count). The van der Waals surface area contributed by atoms with Gasteiger partial charge in [0.25, 0.3) is 5.69 Å². The fraction of sp³-hybridized carbons (Fsp3) is 0.133. The van der Waals surface area contributed by atoms with Crippen molar-refractivity contribution in [1.29, 1.82) is 0 Å². The number of esters is 1. The summed E-state index contributed by atoms with van der Waals surface area (Å²) in [4.78, 5) is 22.1. The molecule has 0 aliphatic rings. The smallest absolute Gasteiger partial charge is 0.338 e. The van der Waals surface area contributed by atoms with Crippen molar-refractivity contribution in [3.63, 3.8) is 0 Å². The van der Waals surface area contributed by atoms with Crippen LogP contribution < -0.4 is 0 Å². The normalized spacial score (nSPS) is 10.1. The SMILES string of the molecule is COC(=O)c1cc([N+](=O)[O-])ccc1-c1cccc(C)c1. The van der Waals surface area contributed by atoms with Crippen molar-refractivity contribution in [1.82, 2.24) is 0 Å². The topological polar surface area (TPSA) is 69.4 Å². The van der Waals surface area contributed by atoms with E-state index in [-0.39, 0.29) is 11.3 Å². The fourth-order valence-electron chi connectivity index (χ4n) is 1.99. The molecule has 102 valence electrons. The van der Waals surface area contributed by atoms with Gasteiger partial charge < -0.3 is 4.74 Å². The molecule has 0 heterocycles. The first-order chi connectivity index (χ1) is 9.52. The molecule has 2 aromatic carbocycles. The Morgan fingerprint density at radius 2 is 1.95 bits per heavy atom. The van der Waals surface area contributed by atoms with Crippen LogP contribution in [0.1, 0.15) is 15.9 Å². The van der Waals surface area contributed by atoms with Crippen molar-refractivity contribution in [2.75, 3.05) is 7.11 Å². The largest absolute Gasteiger partial charge is 0.465 e. The fourth-order valence-corrected chi connectivity index (χ4v) is 1.99. The van der Waals surface area contributed by atoms with Crippen LogP contribution in [0.4, 0.5) is 5.69 Å². The number of carbonyl (C=O) groups excluding carboxylic acids is 1. The van der Waals surface area contributed by atoms with E-state index in [4.69, 9.17) is 4.74 Å². The van der Waals surface area contributed by atoms with E-state index in [1.165, 1.54) is 19.2 Å². The molecule has 5 heteroatoms. The lowest BCUT2D eigenvalue weighted by Crippen LogP contribution is -2.04. The Kier molecular flexibility index (Phi) is 3.79. The van der Waals surface area contributed by atoms with Crippen LogP contribution in [0, 0.1) is 17.0 Å². The molecular formula is C15H13NO4. The highest BCUT2D eigenvalue weighted by Crippen LogP contribution is 2.28. The molecule has 0 saturated carbocycles. The van der Waals surface area contributed by atoms with Gasteiger partial charge in [0, 0.05) is 12.1 Å². The maximum absolute atomic E-state index is 11.8. The molecule has 0 N–H and O–H groups in total. The van der Waals surface area contributed by atoms with Crippen molar-refractivity contribution in [3.05, 3.63) is 63.7 Å². The number of methoxy groups -OCH3 is 1. The third-order valence-electron chi connectivity index (χ3n) is 2.95. The summed E-state index contributed by atoms with van der Waals surface area (Å²) >= 11 is 0. The van der Waals surface area contributed by atoms with Crippen molar-refractivity contribution < 1.29 is 14.5 Å². The van der Waals surface area contributed by atoms with Gasteiger partial charge in [-0.2, -0.15) is 0 Å². The average molecular weight is 271 g/mol. The number of hydrogen-bond donors (Lipinski definition) is 0. The van der Waals surface area contributed by atoms with Crippen LogP contribution >= 0.6 is 0 Å². The van der Waals surface area contributed by atoms with Gasteiger partial charge in [0.05, 0.1) is 17.6 Å². The summed E-state index contributed by atoms with van der Waals surface area (Å²) in [6.07, 6.45) is 0. The molecule has 0 aliphatic carbocycles. The molecule has 2 aromatic rings. The number of non-ortho nitro benzene ring substituents is 1. The number of aryl methyl sites for hydroxylation is 1. The number of carbonyl (C=O) groups is 1. The maximum Gasteiger partial charge on any atom is 0.338 e. The number of hydrogen-bond acceptors (Lipinski definition) is 4. The van der Waals surface area contributed by atoms with E-state index < -0.39 is 10.9 Å². The zero-order chi connectivity index (χ0) is 14.7. The van der Waals surface area contributed by atoms with Gasteiger partial charge in [-0.3, -0.25) is 10.1 Å². The van der Waals surface area contributed by atoms with Gasteiger partial charge in [-0.1, -0.05) is 29.8 Å². The molecule has 0 spiro atoms. The second kappa shape index (κ2) is 5.52. The first kappa shape index (κ1) is 13.7. The van der Waals surface area contributed by atoms with Crippen molar-refractivity contribution >= 4 is 11.7 Å². The van der Waals surface area contributed by atoms with Crippen LogP contribution in [0.25, 0.3) is 11.1 Å². The van der Waals surface area contributed by atoms with Gasteiger partial charge in [-0.25, -0.2) is 4.79 Å². The van der Waals surface area contributed by atoms with E-state index in [9.17, 15) is 14.9 Å². The third-order valence-corrected chi connectivity index (χ3v) is 2.95. The number of nitro benzene ring substituents is 1. The van der Waals surface area contributed by atoms with Crippen molar-refractivity contribution in [3.8, 4) is 11.1 Å². The number of nitro groups is 1. The Balaban J connectivity index is 2.63. The predicted molar refractivity (Wildman–Crippen MR) is 74.6 cm³/mol. The molecule has 0 atom stereocenters. The lowest BCUT2D eigenvalue weighted by molar-refractivity contribution is -0.384. The third kappa shape index (κ3) is 2.66. The number of nitrogens with zero attached hydrogens (tertiary/aromatic N) is 1. The van der Waals surface area contributed by atoms with Gasteiger partial charge in [-0.15, -0.1) is 0 Å². The molecule has 20 heavy (non-hydrogen) atoms.